The summed E-state index contributed by atoms with van der Waals surface area (Å²) in [7, 11) is 1.41. The summed E-state index contributed by atoms with van der Waals surface area (Å²) in [6.45, 7) is 0. The van der Waals surface area contributed by atoms with E-state index in [-0.39, 0.29) is 75.3 Å². The second-order valence-electron chi connectivity index (χ2n) is 9.85. The number of phenols is 5. The molecule has 0 unspecified atom stereocenters. The van der Waals surface area contributed by atoms with Gasteiger partial charge in [-0.15, -0.1) is 0 Å². The standard InChI is InChI=1S/C31H24O10/c1-39-23-7-4-15(25-11-21(36)29-19(34)9-17(33)10-26(29)41-25)8-18(23)28-20(35)13-27-30(31(28)38)22(37)12-24(40-27)14-2-5-16(32)6-3-14/h2-10,13,24-25,32-35,38H,11-12H2,1H3/t24-,25-/m0/s1. The van der Waals surface area contributed by atoms with Crippen LogP contribution >= 0.6 is 0 Å². The van der Waals surface area contributed by atoms with Gasteiger partial charge in [-0.3, -0.25) is 9.59 Å². The average Bonchev–Trinajstić information content (AvgIpc) is 2.92. The number of fused-ring (bicyclic) bond motifs is 2. The number of benzene rings is 4. The van der Waals surface area contributed by atoms with Gasteiger partial charge in [0.1, 0.15) is 69.3 Å². The summed E-state index contributed by atoms with van der Waals surface area (Å²) in [6.07, 6.45) is -1.70. The highest BCUT2D eigenvalue weighted by atomic mass is 16.5. The Bertz CT molecular complexity index is 1720. The van der Waals surface area contributed by atoms with Gasteiger partial charge in [0.25, 0.3) is 0 Å². The van der Waals surface area contributed by atoms with Crippen LogP contribution in [0.2, 0.25) is 0 Å². The van der Waals surface area contributed by atoms with Gasteiger partial charge in [-0.1, -0.05) is 18.2 Å². The highest BCUT2D eigenvalue weighted by molar-refractivity contribution is 6.06. The van der Waals surface area contributed by atoms with Gasteiger partial charge in [0.15, 0.2) is 11.6 Å². The molecule has 208 valence electrons. The molecular weight excluding hydrogens is 532 g/mol. The van der Waals surface area contributed by atoms with Crippen LogP contribution in [0.5, 0.6) is 46.0 Å². The zero-order valence-electron chi connectivity index (χ0n) is 21.6. The van der Waals surface area contributed by atoms with Crippen molar-refractivity contribution in [3.05, 3.63) is 82.9 Å². The second kappa shape index (κ2) is 9.67. The van der Waals surface area contributed by atoms with Crippen LogP contribution in [0.4, 0.5) is 0 Å². The molecule has 4 aromatic carbocycles. The molecular formula is C31H24O10. The Morgan fingerprint density at radius 3 is 1.93 bits per heavy atom. The normalized spacial score (nSPS) is 17.7. The van der Waals surface area contributed by atoms with Gasteiger partial charge in [0.2, 0.25) is 0 Å². The molecule has 0 saturated carbocycles. The predicted molar refractivity (Wildman–Crippen MR) is 144 cm³/mol. The van der Waals surface area contributed by atoms with E-state index in [0.717, 1.165) is 6.07 Å². The van der Waals surface area contributed by atoms with E-state index in [1.807, 2.05) is 0 Å². The van der Waals surface area contributed by atoms with Crippen LogP contribution in [0.15, 0.2) is 60.7 Å². The van der Waals surface area contributed by atoms with Gasteiger partial charge in [0, 0.05) is 23.8 Å². The Morgan fingerprint density at radius 1 is 0.659 bits per heavy atom. The number of rotatable bonds is 4. The monoisotopic (exact) mass is 556 g/mol. The van der Waals surface area contributed by atoms with Crippen molar-refractivity contribution >= 4 is 11.6 Å². The van der Waals surface area contributed by atoms with Crippen molar-refractivity contribution in [2.24, 2.45) is 0 Å². The van der Waals surface area contributed by atoms with E-state index in [4.69, 9.17) is 14.2 Å². The molecule has 6 rings (SSSR count). The van der Waals surface area contributed by atoms with Gasteiger partial charge in [-0.25, -0.2) is 0 Å². The van der Waals surface area contributed by atoms with Crippen LogP contribution in [0.25, 0.3) is 11.1 Å². The molecule has 0 bridgehead atoms. The lowest BCUT2D eigenvalue weighted by molar-refractivity contribution is 0.0834. The molecule has 0 aliphatic carbocycles. The molecule has 2 aliphatic heterocycles. The summed E-state index contributed by atoms with van der Waals surface area (Å²) in [5.41, 5.74) is 1.17. The maximum absolute atomic E-state index is 13.2. The minimum atomic E-state index is -0.821. The molecule has 2 aliphatic rings. The summed E-state index contributed by atoms with van der Waals surface area (Å²) >= 11 is 0. The first-order valence-corrected chi connectivity index (χ1v) is 12.7. The summed E-state index contributed by atoms with van der Waals surface area (Å²) in [4.78, 5) is 26.1. The third kappa shape index (κ3) is 4.39. The smallest absolute Gasteiger partial charge is 0.174 e. The van der Waals surface area contributed by atoms with Crippen LogP contribution in [-0.4, -0.2) is 44.2 Å². The number of Topliss-reactive ketones (excluding diaryl/α,β-unsaturated/α-hetero) is 2. The Labute approximate surface area is 233 Å². The lowest BCUT2D eigenvalue weighted by Gasteiger charge is -2.28. The second-order valence-corrected chi connectivity index (χ2v) is 9.85. The first-order valence-electron chi connectivity index (χ1n) is 12.7. The van der Waals surface area contributed by atoms with Crippen LogP contribution in [0.1, 0.15) is 56.9 Å². The number of ether oxygens (including phenoxy) is 3. The van der Waals surface area contributed by atoms with Crippen molar-refractivity contribution in [2.75, 3.05) is 7.11 Å². The number of aromatic hydroxyl groups is 5. The van der Waals surface area contributed by atoms with Crippen molar-refractivity contribution in [2.45, 2.75) is 25.0 Å². The molecule has 5 N–H and O–H groups in total. The van der Waals surface area contributed by atoms with Gasteiger partial charge >= 0.3 is 0 Å². The van der Waals surface area contributed by atoms with Crippen molar-refractivity contribution in [3.63, 3.8) is 0 Å². The van der Waals surface area contributed by atoms with Crippen LogP contribution in [-0.2, 0) is 0 Å². The highest BCUT2D eigenvalue weighted by Crippen LogP contribution is 2.51. The van der Waals surface area contributed by atoms with Gasteiger partial charge in [-0.05, 0) is 35.4 Å². The molecule has 0 aromatic heterocycles. The maximum Gasteiger partial charge on any atom is 0.174 e. The fourth-order valence-corrected chi connectivity index (χ4v) is 5.33. The molecule has 41 heavy (non-hydrogen) atoms. The number of ketones is 2. The summed E-state index contributed by atoms with van der Waals surface area (Å²) in [6, 6.07) is 14.6. The van der Waals surface area contributed by atoms with E-state index in [1.165, 1.54) is 31.4 Å². The molecule has 4 aromatic rings. The minimum absolute atomic E-state index is 0.00521. The Kier molecular flexibility index (Phi) is 6.10. The fraction of sp³-hybridized carbons (Fsp3) is 0.161. The molecule has 10 heteroatoms. The molecule has 2 heterocycles. The molecule has 10 nitrogen and oxygen atoms in total. The van der Waals surface area contributed by atoms with Crippen LogP contribution in [0.3, 0.4) is 0 Å². The van der Waals surface area contributed by atoms with Crippen LogP contribution < -0.4 is 14.2 Å². The lowest BCUT2D eigenvalue weighted by atomic mass is 9.89. The van der Waals surface area contributed by atoms with Crippen molar-refractivity contribution < 1.29 is 49.3 Å². The van der Waals surface area contributed by atoms with Crippen molar-refractivity contribution in [1.29, 1.82) is 0 Å². The number of phenolic OH excluding ortho intramolecular Hbond substituents is 5. The van der Waals surface area contributed by atoms with E-state index in [9.17, 15) is 35.1 Å². The van der Waals surface area contributed by atoms with Crippen molar-refractivity contribution in [3.8, 4) is 57.1 Å². The van der Waals surface area contributed by atoms with Gasteiger partial charge in [-0.2, -0.15) is 0 Å². The molecule has 0 spiro atoms. The topological polar surface area (TPSA) is 163 Å². The largest absolute Gasteiger partial charge is 0.508 e. The zero-order chi connectivity index (χ0) is 29.0. The molecule has 0 radical (unpaired) electrons. The minimum Gasteiger partial charge on any atom is -0.508 e. The molecule has 0 amide bonds. The number of hydrogen-bond acceptors (Lipinski definition) is 10. The van der Waals surface area contributed by atoms with Crippen molar-refractivity contribution in [1.82, 2.24) is 0 Å². The van der Waals surface area contributed by atoms with E-state index in [0.29, 0.717) is 11.1 Å². The van der Waals surface area contributed by atoms with E-state index in [1.54, 1.807) is 30.3 Å². The zero-order valence-corrected chi connectivity index (χ0v) is 21.6. The SMILES string of the molecule is COc1ccc([C@@H]2CC(=O)c3c(O)cc(O)cc3O2)cc1-c1c(O)cc2c(c1O)C(=O)C[C@@H](c1ccc(O)cc1)O2. The number of methoxy groups -OCH3 is 1. The van der Waals surface area contributed by atoms with Gasteiger partial charge in [0.05, 0.1) is 25.5 Å². The summed E-state index contributed by atoms with van der Waals surface area (Å²) in [5.74, 6) is -1.97. The Morgan fingerprint density at radius 2 is 1.24 bits per heavy atom. The number of carbonyl (C=O) groups is 2. The fourth-order valence-electron chi connectivity index (χ4n) is 5.33. The average molecular weight is 557 g/mol. The van der Waals surface area contributed by atoms with E-state index >= 15 is 0 Å². The third-order valence-electron chi connectivity index (χ3n) is 7.28. The number of carbonyl (C=O) groups excluding carboxylic acids is 2. The Hall–Kier alpha value is -5.38. The summed E-state index contributed by atoms with van der Waals surface area (Å²) in [5, 5.41) is 51.9. The lowest BCUT2D eigenvalue weighted by Crippen LogP contribution is -2.21. The highest BCUT2D eigenvalue weighted by Gasteiger charge is 2.35. The van der Waals surface area contributed by atoms with E-state index < -0.39 is 29.5 Å². The Balaban J connectivity index is 1.40. The van der Waals surface area contributed by atoms with E-state index in [2.05, 4.69) is 0 Å². The summed E-state index contributed by atoms with van der Waals surface area (Å²) < 4.78 is 17.4. The molecule has 0 fully saturated rings. The molecule has 2 atom stereocenters. The predicted octanol–water partition coefficient (Wildman–Crippen LogP) is 5.30. The van der Waals surface area contributed by atoms with Crippen LogP contribution in [0, 0.1) is 0 Å². The number of hydrogen-bond donors (Lipinski definition) is 5. The first kappa shape index (κ1) is 25.9. The first-order chi connectivity index (χ1) is 19.6. The van der Waals surface area contributed by atoms with Gasteiger partial charge < -0.3 is 39.7 Å². The molecule has 0 saturated heterocycles. The quantitative estimate of drug-likeness (QED) is 0.223. The third-order valence-corrected chi connectivity index (χ3v) is 7.28. The maximum atomic E-state index is 13.2.